The molecule has 3 heterocycles. The van der Waals surface area contributed by atoms with Crippen LogP contribution in [0.4, 0.5) is 5.95 Å². The minimum absolute atomic E-state index is 0.323. The van der Waals surface area contributed by atoms with Gasteiger partial charge in [0.05, 0.1) is 5.39 Å². The van der Waals surface area contributed by atoms with Crippen LogP contribution in [0.1, 0.15) is 18.4 Å². The Morgan fingerprint density at radius 2 is 2.16 bits per heavy atom. The summed E-state index contributed by atoms with van der Waals surface area (Å²) in [6.45, 7) is 5.33. The van der Waals surface area contributed by atoms with Gasteiger partial charge in [0, 0.05) is 12.7 Å². The summed E-state index contributed by atoms with van der Waals surface area (Å²) in [6.07, 6.45) is 4.60. The minimum Gasteiger partial charge on any atom is -0.368 e. The third kappa shape index (κ3) is 2.47. The van der Waals surface area contributed by atoms with Gasteiger partial charge in [-0.2, -0.15) is 4.98 Å². The Hall–Kier alpha value is -1.14. The SMILES string of the molecule is Cc1cn(CC2CCNCC2)c2nc(N)nc(Br)c12. The van der Waals surface area contributed by atoms with E-state index in [1.54, 1.807) is 0 Å². The topological polar surface area (TPSA) is 68.8 Å². The van der Waals surface area contributed by atoms with Gasteiger partial charge < -0.3 is 15.6 Å². The number of nitrogens with two attached hydrogens (primary N) is 1. The van der Waals surface area contributed by atoms with E-state index < -0.39 is 0 Å². The van der Waals surface area contributed by atoms with E-state index in [1.807, 2.05) is 0 Å². The second-order valence-electron chi connectivity index (χ2n) is 5.23. The highest BCUT2D eigenvalue weighted by molar-refractivity contribution is 9.10. The Balaban J connectivity index is 1.99. The van der Waals surface area contributed by atoms with Crippen LogP contribution in [0.3, 0.4) is 0 Å². The van der Waals surface area contributed by atoms with Crippen molar-refractivity contribution in [2.24, 2.45) is 5.92 Å². The van der Waals surface area contributed by atoms with Crippen LogP contribution in [-0.2, 0) is 6.54 Å². The predicted molar refractivity (Wildman–Crippen MR) is 80.0 cm³/mol. The van der Waals surface area contributed by atoms with Crippen LogP contribution in [0, 0.1) is 12.8 Å². The van der Waals surface area contributed by atoms with E-state index in [1.165, 1.54) is 18.4 Å². The van der Waals surface area contributed by atoms with E-state index in [0.717, 1.165) is 35.3 Å². The smallest absolute Gasteiger partial charge is 0.223 e. The summed E-state index contributed by atoms with van der Waals surface area (Å²) in [4.78, 5) is 8.59. The molecular formula is C13H18BrN5. The fourth-order valence-electron chi connectivity index (χ4n) is 2.83. The second kappa shape index (κ2) is 5.09. The van der Waals surface area contributed by atoms with Crippen molar-refractivity contribution in [3.63, 3.8) is 0 Å². The summed E-state index contributed by atoms with van der Waals surface area (Å²) in [5.41, 5.74) is 7.89. The number of nitrogens with zero attached hydrogens (tertiary/aromatic N) is 3. The van der Waals surface area contributed by atoms with Gasteiger partial charge in [-0.1, -0.05) is 0 Å². The number of piperidine rings is 1. The van der Waals surface area contributed by atoms with Gasteiger partial charge in [0.15, 0.2) is 0 Å². The molecule has 6 heteroatoms. The van der Waals surface area contributed by atoms with Crippen LogP contribution >= 0.6 is 15.9 Å². The maximum Gasteiger partial charge on any atom is 0.223 e. The third-order valence-electron chi connectivity index (χ3n) is 3.79. The number of rotatable bonds is 2. The number of aryl methyl sites for hydroxylation is 1. The maximum atomic E-state index is 5.76. The molecule has 0 aromatic carbocycles. The maximum absolute atomic E-state index is 5.76. The second-order valence-corrected chi connectivity index (χ2v) is 5.98. The Morgan fingerprint density at radius 3 is 2.89 bits per heavy atom. The highest BCUT2D eigenvalue weighted by atomic mass is 79.9. The molecule has 0 aliphatic carbocycles. The van der Waals surface area contributed by atoms with Crippen LogP contribution < -0.4 is 11.1 Å². The molecule has 0 amide bonds. The van der Waals surface area contributed by atoms with Crippen molar-refractivity contribution in [2.45, 2.75) is 26.3 Å². The van der Waals surface area contributed by atoms with Gasteiger partial charge in [0.25, 0.3) is 0 Å². The quantitative estimate of drug-likeness (QED) is 0.830. The molecule has 1 saturated heterocycles. The van der Waals surface area contributed by atoms with Crippen molar-refractivity contribution in [3.8, 4) is 0 Å². The molecule has 0 radical (unpaired) electrons. The van der Waals surface area contributed by atoms with Gasteiger partial charge in [-0.05, 0) is 60.3 Å². The Kier molecular flexibility index (Phi) is 3.45. The summed E-state index contributed by atoms with van der Waals surface area (Å²) >= 11 is 3.48. The number of nitrogen functional groups attached to an aromatic ring is 1. The van der Waals surface area contributed by atoms with Crippen molar-refractivity contribution in [1.29, 1.82) is 0 Å². The first-order valence-electron chi connectivity index (χ1n) is 6.64. The Morgan fingerprint density at radius 1 is 1.42 bits per heavy atom. The summed E-state index contributed by atoms with van der Waals surface area (Å²) in [5, 5.41) is 4.47. The minimum atomic E-state index is 0.323. The number of fused-ring (bicyclic) bond motifs is 1. The lowest BCUT2D eigenvalue weighted by atomic mass is 9.98. The number of halogens is 1. The molecule has 1 aliphatic rings. The van der Waals surface area contributed by atoms with Crippen LogP contribution in [0.5, 0.6) is 0 Å². The molecule has 2 aromatic heterocycles. The van der Waals surface area contributed by atoms with Crippen LogP contribution in [0.2, 0.25) is 0 Å². The zero-order valence-corrected chi connectivity index (χ0v) is 12.6. The molecule has 5 nitrogen and oxygen atoms in total. The molecule has 2 aromatic rings. The summed E-state index contributed by atoms with van der Waals surface area (Å²) in [5.74, 6) is 1.04. The molecule has 0 spiro atoms. The van der Waals surface area contributed by atoms with Crippen molar-refractivity contribution in [3.05, 3.63) is 16.4 Å². The molecular weight excluding hydrogens is 306 g/mol. The zero-order chi connectivity index (χ0) is 13.4. The predicted octanol–water partition coefficient (Wildman–Crippen LogP) is 2.08. The molecule has 102 valence electrons. The highest BCUT2D eigenvalue weighted by Gasteiger charge is 2.17. The highest BCUT2D eigenvalue weighted by Crippen LogP contribution is 2.28. The number of anilines is 1. The molecule has 0 atom stereocenters. The summed E-state index contributed by atoms with van der Waals surface area (Å²) in [7, 11) is 0. The van der Waals surface area contributed by atoms with Crippen LogP contribution in [0.25, 0.3) is 11.0 Å². The van der Waals surface area contributed by atoms with E-state index in [0.29, 0.717) is 11.9 Å². The van der Waals surface area contributed by atoms with E-state index in [-0.39, 0.29) is 0 Å². The molecule has 0 saturated carbocycles. The average Bonchev–Trinajstić information content (AvgIpc) is 2.67. The molecule has 1 fully saturated rings. The molecule has 0 unspecified atom stereocenters. The van der Waals surface area contributed by atoms with Crippen molar-refractivity contribution >= 4 is 32.9 Å². The molecule has 19 heavy (non-hydrogen) atoms. The number of hydrogen-bond acceptors (Lipinski definition) is 4. The van der Waals surface area contributed by atoms with Gasteiger partial charge in [0.1, 0.15) is 10.3 Å². The Bertz CT molecular complexity index is 601. The largest absolute Gasteiger partial charge is 0.368 e. The zero-order valence-electron chi connectivity index (χ0n) is 11.0. The van der Waals surface area contributed by atoms with Gasteiger partial charge in [-0.3, -0.25) is 0 Å². The fraction of sp³-hybridized carbons (Fsp3) is 0.538. The number of hydrogen-bond donors (Lipinski definition) is 2. The number of aromatic nitrogens is 3. The Labute approximate surface area is 120 Å². The van der Waals surface area contributed by atoms with E-state index in [4.69, 9.17) is 5.73 Å². The van der Waals surface area contributed by atoms with Gasteiger partial charge >= 0.3 is 0 Å². The van der Waals surface area contributed by atoms with Crippen molar-refractivity contribution in [1.82, 2.24) is 19.9 Å². The van der Waals surface area contributed by atoms with Crippen molar-refractivity contribution < 1.29 is 0 Å². The van der Waals surface area contributed by atoms with E-state index in [2.05, 4.69) is 48.9 Å². The first-order valence-corrected chi connectivity index (χ1v) is 7.43. The van der Waals surface area contributed by atoms with E-state index >= 15 is 0 Å². The van der Waals surface area contributed by atoms with Gasteiger partial charge in [-0.25, -0.2) is 4.98 Å². The average molecular weight is 324 g/mol. The van der Waals surface area contributed by atoms with Crippen LogP contribution in [-0.4, -0.2) is 27.6 Å². The summed E-state index contributed by atoms with van der Waals surface area (Å²) in [6, 6.07) is 0. The van der Waals surface area contributed by atoms with E-state index in [9.17, 15) is 0 Å². The molecule has 0 bridgehead atoms. The first kappa shape index (κ1) is 12.9. The molecule has 1 aliphatic heterocycles. The third-order valence-corrected chi connectivity index (χ3v) is 4.37. The fourth-order valence-corrected chi connectivity index (χ4v) is 3.50. The van der Waals surface area contributed by atoms with Crippen molar-refractivity contribution in [2.75, 3.05) is 18.8 Å². The normalized spacial score (nSPS) is 17.2. The standard InChI is InChI=1S/C13H18BrN5/c1-8-6-19(7-9-2-4-16-5-3-9)12-10(8)11(14)17-13(15)18-12/h6,9,16H,2-5,7H2,1H3,(H2,15,17,18). The lowest BCUT2D eigenvalue weighted by molar-refractivity contribution is 0.336. The summed E-state index contributed by atoms with van der Waals surface area (Å²) < 4.78 is 3.01. The van der Waals surface area contributed by atoms with Gasteiger partial charge in [-0.15, -0.1) is 0 Å². The lowest BCUT2D eigenvalue weighted by Crippen LogP contribution is -2.29. The van der Waals surface area contributed by atoms with Gasteiger partial charge in [0.2, 0.25) is 5.95 Å². The first-order chi connectivity index (χ1) is 9.15. The lowest BCUT2D eigenvalue weighted by Gasteiger charge is -2.23. The van der Waals surface area contributed by atoms with Crippen LogP contribution in [0.15, 0.2) is 10.8 Å². The molecule has 3 rings (SSSR count). The molecule has 3 N–H and O–H groups in total. The monoisotopic (exact) mass is 323 g/mol. The number of nitrogens with one attached hydrogen (secondary N) is 1.